The second-order valence-corrected chi connectivity index (χ2v) is 7.33. The Morgan fingerprint density at radius 3 is 3.17 bits per heavy atom. The van der Waals surface area contributed by atoms with Crippen LogP contribution in [0.5, 0.6) is 0 Å². The van der Waals surface area contributed by atoms with Crippen LogP contribution in [0.25, 0.3) is 5.65 Å². The first kappa shape index (κ1) is 14.8. The fraction of sp³-hybridized carbons (Fsp3) is 0.267. The highest BCUT2D eigenvalue weighted by molar-refractivity contribution is 9.10. The van der Waals surface area contributed by atoms with E-state index in [9.17, 15) is 9.18 Å². The van der Waals surface area contributed by atoms with Gasteiger partial charge in [-0.25, -0.2) is 13.9 Å². The molecule has 8 heteroatoms. The van der Waals surface area contributed by atoms with Gasteiger partial charge in [-0.3, -0.25) is 4.79 Å². The summed E-state index contributed by atoms with van der Waals surface area (Å²) in [5.74, 6) is -0.425. The molecule has 0 bridgehead atoms. The van der Waals surface area contributed by atoms with Crippen molar-refractivity contribution < 1.29 is 9.18 Å². The zero-order valence-electron chi connectivity index (χ0n) is 12.2. The summed E-state index contributed by atoms with van der Waals surface area (Å²) in [6.07, 6.45) is 4.08. The summed E-state index contributed by atoms with van der Waals surface area (Å²) in [6.45, 7) is 2.42. The van der Waals surface area contributed by atoms with E-state index in [2.05, 4.69) is 26.0 Å². The van der Waals surface area contributed by atoms with Gasteiger partial charge < -0.3 is 4.90 Å². The molecule has 0 spiro atoms. The lowest BCUT2D eigenvalue weighted by Crippen LogP contribution is -2.38. The van der Waals surface area contributed by atoms with Crippen molar-refractivity contribution in [3.05, 3.63) is 50.3 Å². The third kappa shape index (κ3) is 2.36. The predicted molar refractivity (Wildman–Crippen MR) is 88.1 cm³/mol. The van der Waals surface area contributed by atoms with Crippen LogP contribution in [0.1, 0.15) is 33.9 Å². The van der Waals surface area contributed by atoms with Gasteiger partial charge in [0, 0.05) is 40.8 Å². The number of nitrogens with zero attached hydrogens (tertiary/aromatic N) is 4. The highest BCUT2D eigenvalue weighted by Crippen LogP contribution is 2.36. The summed E-state index contributed by atoms with van der Waals surface area (Å²) in [5.41, 5.74) is 1.56. The standard InChI is InChI=1S/C15H12BrFN4OS/c1-8-14-10(17)7-23-12(14)2-3-20(8)15(22)11-4-13-18-5-9(16)6-21(13)19-11/h4-8H,2-3H2,1H3. The quantitative estimate of drug-likeness (QED) is 0.634. The average molecular weight is 395 g/mol. The van der Waals surface area contributed by atoms with Crippen molar-refractivity contribution in [2.75, 3.05) is 6.54 Å². The van der Waals surface area contributed by atoms with Crippen molar-refractivity contribution in [1.29, 1.82) is 0 Å². The molecule has 4 heterocycles. The van der Waals surface area contributed by atoms with Gasteiger partial charge in [-0.1, -0.05) is 0 Å². The maximum atomic E-state index is 14.0. The van der Waals surface area contributed by atoms with Crippen LogP contribution in [0.2, 0.25) is 0 Å². The number of fused-ring (bicyclic) bond motifs is 2. The largest absolute Gasteiger partial charge is 0.330 e. The molecule has 0 N–H and O–H groups in total. The van der Waals surface area contributed by atoms with E-state index in [1.165, 1.54) is 16.7 Å². The Morgan fingerprint density at radius 2 is 2.35 bits per heavy atom. The number of carbonyl (C=O) groups excluding carboxylic acids is 1. The first-order chi connectivity index (χ1) is 11.0. The Kier molecular flexibility index (Phi) is 3.46. The lowest BCUT2D eigenvalue weighted by molar-refractivity contribution is 0.0669. The van der Waals surface area contributed by atoms with Gasteiger partial charge in [0.1, 0.15) is 5.82 Å². The Labute approximate surface area is 143 Å². The van der Waals surface area contributed by atoms with E-state index in [0.29, 0.717) is 29.9 Å². The third-order valence-corrected chi connectivity index (χ3v) is 5.53. The molecule has 1 aliphatic rings. The molecule has 0 aliphatic carbocycles. The van der Waals surface area contributed by atoms with Gasteiger partial charge in [0.25, 0.3) is 5.91 Å². The first-order valence-electron chi connectivity index (χ1n) is 7.12. The van der Waals surface area contributed by atoms with E-state index >= 15 is 0 Å². The Hall–Kier alpha value is -1.80. The summed E-state index contributed by atoms with van der Waals surface area (Å²) in [4.78, 5) is 19.7. The van der Waals surface area contributed by atoms with Crippen molar-refractivity contribution in [2.24, 2.45) is 0 Å². The average Bonchev–Trinajstić information content (AvgIpc) is 3.11. The highest BCUT2D eigenvalue weighted by Gasteiger charge is 2.32. The minimum absolute atomic E-state index is 0.199. The van der Waals surface area contributed by atoms with Gasteiger partial charge >= 0.3 is 0 Å². The van der Waals surface area contributed by atoms with E-state index < -0.39 is 0 Å². The maximum absolute atomic E-state index is 14.0. The van der Waals surface area contributed by atoms with Crippen LogP contribution in [0, 0.1) is 5.82 Å². The van der Waals surface area contributed by atoms with Crippen LogP contribution >= 0.6 is 27.3 Å². The number of carbonyl (C=O) groups is 1. The lowest BCUT2D eigenvalue weighted by Gasteiger charge is -2.33. The molecule has 1 atom stereocenters. The van der Waals surface area contributed by atoms with Gasteiger partial charge in [0.2, 0.25) is 0 Å². The Morgan fingerprint density at radius 1 is 1.52 bits per heavy atom. The Balaban J connectivity index is 1.69. The minimum atomic E-state index is -0.290. The molecule has 1 amide bonds. The van der Waals surface area contributed by atoms with Gasteiger partial charge in [-0.15, -0.1) is 11.3 Å². The van der Waals surface area contributed by atoms with Crippen molar-refractivity contribution in [3.8, 4) is 0 Å². The molecule has 3 aromatic rings. The van der Waals surface area contributed by atoms with E-state index in [-0.39, 0.29) is 17.8 Å². The number of halogens is 2. The van der Waals surface area contributed by atoms with Crippen LogP contribution in [0.3, 0.4) is 0 Å². The van der Waals surface area contributed by atoms with Crippen molar-refractivity contribution in [1.82, 2.24) is 19.5 Å². The molecule has 0 fully saturated rings. The van der Waals surface area contributed by atoms with Gasteiger partial charge in [0.15, 0.2) is 11.3 Å². The second-order valence-electron chi connectivity index (χ2n) is 5.45. The predicted octanol–water partition coefficient (Wildman–Crippen LogP) is 3.45. The number of aromatic nitrogens is 3. The molecular formula is C15H12BrFN4OS. The summed E-state index contributed by atoms with van der Waals surface area (Å²) in [5, 5.41) is 5.81. The smallest absolute Gasteiger partial charge is 0.274 e. The molecule has 0 saturated heterocycles. The molecule has 0 aromatic carbocycles. The minimum Gasteiger partial charge on any atom is -0.330 e. The normalized spacial score (nSPS) is 17.5. The molecule has 118 valence electrons. The monoisotopic (exact) mass is 394 g/mol. The van der Waals surface area contributed by atoms with Crippen LogP contribution < -0.4 is 0 Å². The molecule has 0 saturated carbocycles. The van der Waals surface area contributed by atoms with E-state index in [4.69, 9.17) is 0 Å². The maximum Gasteiger partial charge on any atom is 0.274 e. The molecule has 5 nitrogen and oxygen atoms in total. The van der Waals surface area contributed by atoms with Crippen LogP contribution in [0.15, 0.2) is 28.3 Å². The number of rotatable bonds is 1. The van der Waals surface area contributed by atoms with E-state index in [0.717, 1.165) is 9.35 Å². The summed E-state index contributed by atoms with van der Waals surface area (Å²) < 4.78 is 16.3. The van der Waals surface area contributed by atoms with Crippen molar-refractivity contribution in [3.63, 3.8) is 0 Å². The number of amides is 1. The fourth-order valence-electron chi connectivity index (χ4n) is 2.96. The molecule has 3 aromatic heterocycles. The SMILES string of the molecule is CC1c2c(F)csc2CCN1C(=O)c1cc2ncc(Br)cn2n1. The topological polar surface area (TPSA) is 50.5 Å². The van der Waals surface area contributed by atoms with Gasteiger partial charge in [-0.05, 0) is 29.3 Å². The van der Waals surface area contributed by atoms with E-state index in [1.54, 1.807) is 27.9 Å². The summed E-state index contributed by atoms with van der Waals surface area (Å²) in [6, 6.07) is 1.36. The molecule has 23 heavy (non-hydrogen) atoms. The molecule has 4 rings (SSSR count). The third-order valence-electron chi connectivity index (χ3n) is 4.09. The van der Waals surface area contributed by atoms with Crippen molar-refractivity contribution >= 4 is 38.8 Å². The number of hydrogen-bond donors (Lipinski definition) is 0. The molecule has 1 unspecified atom stereocenters. The second kappa shape index (κ2) is 5.38. The van der Waals surface area contributed by atoms with E-state index in [1.807, 2.05) is 6.92 Å². The first-order valence-corrected chi connectivity index (χ1v) is 8.79. The van der Waals surface area contributed by atoms with Crippen LogP contribution in [0.4, 0.5) is 4.39 Å². The van der Waals surface area contributed by atoms with Gasteiger partial charge in [-0.2, -0.15) is 5.10 Å². The number of thiophene rings is 1. The Bertz CT molecular complexity index is 921. The summed E-state index contributed by atoms with van der Waals surface area (Å²) >= 11 is 4.75. The van der Waals surface area contributed by atoms with Crippen molar-refractivity contribution in [2.45, 2.75) is 19.4 Å². The molecule has 1 aliphatic heterocycles. The zero-order valence-corrected chi connectivity index (χ0v) is 14.6. The van der Waals surface area contributed by atoms with Gasteiger partial charge in [0.05, 0.1) is 10.5 Å². The molecular weight excluding hydrogens is 383 g/mol. The molecule has 0 radical (unpaired) electrons. The van der Waals surface area contributed by atoms with Crippen LogP contribution in [-0.4, -0.2) is 31.9 Å². The lowest BCUT2D eigenvalue weighted by atomic mass is 10.0. The van der Waals surface area contributed by atoms with Crippen LogP contribution in [-0.2, 0) is 6.42 Å². The summed E-state index contributed by atoms with van der Waals surface area (Å²) in [7, 11) is 0. The number of hydrogen-bond acceptors (Lipinski definition) is 4. The fourth-order valence-corrected chi connectivity index (χ4v) is 4.24. The highest BCUT2D eigenvalue weighted by atomic mass is 79.9. The zero-order chi connectivity index (χ0) is 16.1.